The van der Waals surface area contributed by atoms with Crippen LogP contribution in [0, 0.1) is 0 Å². The molecular weight excluding hydrogens is 1440 g/mol. The van der Waals surface area contributed by atoms with Crippen LogP contribution in [0.2, 0.25) is 0 Å². The van der Waals surface area contributed by atoms with E-state index in [0.717, 1.165) is 27.7 Å². The largest absolute Gasteiger partial charge is 0.477 e. The van der Waals surface area contributed by atoms with Crippen LogP contribution in [0.5, 0.6) is 0 Å². The number of nitrogens with one attached hydrogen (secondary N) is 4. The first-order valence-electron chi connectivity index (χ1n) is 33.5. The molecule has 0 bridgehead atoms. The quantitative estimate of drug-likeness (QED) is 0.0363. The van der Waals surface area contributed by atoms with Crippen molar-refractivity contribution in [2.75, 3.05) is 39.6 Å². The van der Waals surface area contributed by atoms with E-state index >= 15 is 0 Å². The number of hydrogen-bond donors (Lipinski definition) is 26. The van der Waals surface area contributed by atoms with Gasteiger partial charge in [0.1, 0.15) is 177 Å². The minimum atomic E-state index is -3.24. The van der Waals surface area contributed by atoms with E-state index in [1.807, 2.05) is 0 Å². The summed E-state index contributed by atoms with van der Waals surface area (Å²) in [6.45, 7) is -0.350. The Morgan fingerprint density at radius 3 is 1.38 bits per heavy atom. The van der Waals surface area contributed by atoms with E-state index in [9.17, 15) is 136 Å². The molecule has 0 spiro atoms. The minimum Gasteiger partial charge on any atom is -0.477 e. The molecule has 8 fully saturated rings. The molecule has 8 saturated heterocycles. The normalized spacial score (nSPS) is 47.5. The number of rotatable bonds is 27. The van der Waals surface area contributed by atoms with Crippen LogP contribution < -0.4 is 21.3 Å². The summed E-state index contributed by atoms with van der Waals surface area (Å²) in [5, 5.41) is 252. The highest BCUT2D eigenvalue weighted by molar-refractivity contribution is 5.77. The molecule has 1 unspecified atom stereocenters. The summed E-state index contributed by atoms with van der Waals surface area (Å²) in [5.74, 6) is -9.00. The van der Waals surface area contributed by atoms with Crippen molar-refractivity contribution in [1.29, 1.82) is 0 Å². The fourth-order valence-corrected chi connectivity index (χ4v) is 13.6. The van der Waals surface area contributed by atoms with Crippen LogP contribution in [-0.4, -0.2) is 433 Å². The van der Waals surface area contributed by atoms with Gasteiger partial charge in [0.25, 0.3) is 5.79 Å². The molecule has 105 heavy (non-hydrogen) atoms. The average molecular weight is 1540 g/mol. The van der Waals surface area contributed by atoms with Crippen LogP contribution in [0.4, 0.5) is 0 Å². The zero-order valence-corrected chi connectivity index (χ0v) is 57.0. The van der Waals surface area contributed by atoms with Crippen molar-refractivity contribution in [2.24, 2.45) is 0 Å². The Morgan fingerprint density at radius 2 is 0.848 bits per heavy atom. The van der Waals surface area contributed by atoms with Gasteiger partial charge in [-0.2, -0.15) is 0 Å². The van der Waals surface area contributed by atoms with E-state index < -0.39 is 327 Å². The van der Waals surface area contributed by atoms with Crippen LogP contribution in [0.3, 0.4) is 0 Å². The molecule has 8 heterocycles. The van der Waals surface area contributed by atoms with Crippen molar-refractivity contribution in [1.82, 2.24) is 21.3 Å². The van der Waals surface area contributed by atoms with Crippen LogP contribution in [0.1, 0.15) is 48.0 Å². The number of aliphatic hydroxyl groups is 21. The summed E-state index contributed by atoms with van der Waals surface area (Å²) in [4.78, 5) is 64.6. The summed E-state index contributed by atoms with van der Waals surface area (Å²) in [7, 11) is 0. The topological polar surface area (TPSA) is 717 Å². The van der Waals surface area contributed by atoms with Gasteiger partial charge in [-0.15, -0.1) is 0 Å². The van der Waals surface area contributed by atoms with E-state index in [-0.39, 0.29) is 0 Å². The second-order valence-corrected chi connectivity index (χ2v) is 26.8. The standard InChI is InChI=1S/C59H98N4O42/c1-14-31(75)38(82)41(85)54(92-14)102-48-30(63-19(6)72)53(98-25(12-68)45(48)100-57-50(40(84)34(78)22(9-65)96-57)103-55-42(86)39(83)32(76)15(2)93-55)101-46-29(62-18(5)71)51(88)94-26(36(46)80)13-91-52-28(61-17(4)70)37(81)44(24(11-67)97-52)99-56-43(87)49(35(79)23(10-66)95-56)105-59(58(89)90)7-20(73)27(60-16(3)69)47(104-59)33(77)21(74)8-64/h14-15,20-57,64-68,73-88H,7-13H2,1-6H3,(H,60,69)(H,61,70)(H,62,71)(H,63,72)(H,89,90)/t14-,15-,20-,21+,22+,23+,24+,25+,26+,27+,28+,29+,30+,31+,32+,33+,34-,35-,36-,37+,38+,39+,40-,41-,42-,43+,44+,45+,46+,47+,48+,49-,50+,51?,52+,53-,54-,55-,56-,57-,59-/m0/s1. The van der Waals surface area contributed by atoms with Crippen LogP contribution in [0.25, 0.3) is 0 Å². The number of aliphatic carboxylic acids is 1. The van der Waals surface area contributed by atoms with E-state index in [4.69, 9.17) is 71.1 Å². The number of carboxylic acids is 1. The van der Waals surface area contributed by atoms with Crippen LogP contribution in [0.15, 0.2) is 0 Å². The monoisotopic (exact) mass is 1530 g/mol. The highest BCUT2D eigenvalue weighted by Crippen LogP contribution is 2.41. The van der Waals surface area contributed by atoms with E-state index in [1.54, 1.807) is 0 Å². The van der Waals surface area contributed by atoms with Gasteiger partial charge in [-0.25, -0.2) is 4.79 Å². The molecule has 46 nitrogen and oxygen atoms in total. The lowest BCUT2D eigenvalue weighted by Crippen LogP contribution is -2.72. The molecular formula is C59H98N4O42. The highest BCUT2D eigenvalue weighted by Gasteiger charge is 2.63. The lowest BCUT2D eigenvalue weighted by molar-refractivity contribution is -0.396. The number of ether oxygens (including phenoxy) is 15. The Labute approximate surface area is 595 Å². The minimum absolute atomic E-state index is 0.847. The van der Waals surface area contributed by atoms with Crippen molar-refractivity contribution in [2.45, 2.75) is 299 Å². The smallest absolute Gasteiger partial charge is 0.364 e. The summed E-state index contributed by atoms with van der Waals surface area (Å²) >= 11 is 0. The zero-order valence-electron chi connectivity index (χ0n) is 57.0. The first kappa shape index (κ1) is 86.5. The molecule has 8 aliphatic heterocycles. The van der Waals surface area contributed by atoms with Crippen LogP contribution >= 0.6 is 0 Å². The van der Waals surface area contributed by atoms with Gasteiger partial charge < -0.3 is 205 Å². The van der Waals surface area contributed by atoms with Gasteiger partial charge in [-0.05, 0) is 13.8 Å². The van der Waals surface area contributed by atoms with Crippen LogP contribution in [-0.2, 0) is 95.0 Å². The molecule has 4 amide bonds. The first-order chi connectivity index (χ1) is 49.4. The molecule has 46 heteroatoms. The van der Waals surface area contributed by atoms with Crippen molar-refractivity contribution in [3.8, 4) is 0 Å². The summed E-state index contributed by atoms with van der Waals surface area (Å²) in [6, 6.07) is -7.41. The third kappa shape index (κ3) is 19.1. The maximum Gasteiger partial charge on any atom is 0.364 e. The SMILES string of the molecule is CC(=O)N[C@H]1[C@H](OC[C@H]2OC(O)[C@H](NC(C)=O)[C@@H](O[C@@H]3O[C@H](CO)[C@@H](O[C@@H]4O[C@H](CO)[C@H](O)[C@H](O)[C@H]4O[C@@H]4O[C@@H](C)[C@@H](O)[C@@H](O)[C@@H]4O)[C@H](O[C@@H]4O[C@@H](C)[C@@H](O)[C@@H](O)[C@@H]4O)[C@H]3NC(C)=O)[C@H]2O)O[C@H](CO)[C@@H](O[C@@H]2O[C@H](CO)[C@H](O)[C@H](O[C@]3(C(=O)O)C[C@H](O)[C@@H](NC(C)=O)[C@H]([C@H](O)[C@H](O)CO)O3)[C@H]2O)[C@@H]1O. The van der Waals surface area contributed by atoms with Gasteiger partial charge in [0.2, 0.25) is 23.6 Å². The number of amides is 4. The summed E-state index contributed by atoms with van der Waals surface area (Å²) < 4.78 is 89.1. The van der Waals surface area contributed by atoms with Gasteiger partial charge in [0, 0.05) is 34.1 Å². The molecule has 8 aliphatic rings. The van der Waals surface area contributed by atoms with Crippen molar-refractivity contribution >= 4 is 29.6 Å². The zero-order chi connectivity index (χ0) is 77.9. The van der Waals surface area contributed by atoms with E-state index in [0.29, 0.717) is 0 Å². The van der Waals surface area contributed by atoms with Crippen molar-refractivity contribution in [3.63, 3.8) is 0 Å². The van der Waals surface area contributed by atoms with Crippen molar-refractivity contribution in [3.05, 3.63) is 0 Å². The number of carboxylic acid groups (broad SMARTS) is 1. The second-order valence-electron chi connectivity index (χ2n) is 26.8. The molecule has 0 aromatic rings. The maximum absolute atomic E-state index is 13.4. The third-order valence-electron chi connectivity index (χ3n) is 19.1. The summed E-state index contributed by atoms with van der Waals surface area (Å²) in [6.07, 6.45) is -73.9. The fourth-order valence-electron chi connectivity index (χ4n) is 13.6. The molecule has 0 radical (unpaired) electrons. The first-order valence-corrected chi connectivity index (χ1v) is 33.5. The lowest BCUT2D eigenvalue weighted by Gasteiger charge is -2.52. The molecule has 0 aromatic carbocycles. The fraction of sp³-hybridized carbons (Fsp3) is 0.915. The second kappa shape index (κ2) is 36.8. The number of aliphatic hydroxyl groups excluding tert-OH is 21. The van der Waals surface area contributed by atoms with Crippen molar-refractivity contribution < 1.29 is 207 Å². The highest BCUT2D eigenvalue weighted by atomic mass is 16.8. The Bertz CT molecular complexity index is 2840. The van der Waals surface area contributed by atoms with Gasteiger partial charge in [0.05, 0.1) is 64.0 Å². The third-order valence-corrected chi connectivity index (χ3v) is 19.1. The Hall–Kier alpha value is -4.09. The van der Waals surface area contributed by atoms with Gasteiger partial charge in [-0.3, -0.25) is 19.2 Å². The molecule has 8 rings (SSSR count). The van der Waals surface area contributed by atoms with Gasteiger partial charge in [-0.1, -0.05) is 0 Å². The van der Waals surface area contributed by atoms with Gasteiger partial charge in [0.15, 0.2) is 44.0 Å². The molecule has 41 atom stereocenters. The average Bonchev–Trinajstić information content (AvgIpc) is 0.759. The number of carbonyl (C=O) groups is 5. The lowest BCUT2D eigenvalue weighted by atomic mass is 9.88. The predicted octanol–water partition coefficient (Wildman–Crippen LogP) is -16.6. The maximum atomic E-state index is 13.4. The summed E-state index contributed by atoms with van der Waals surface area (Å²) in [5.41, 5.74) is 0. The Morgan fingerprint density at radius 1 is 0.410 bits per heavy atom. The molecule has 26 N–H and O–H groups in total. The molecule has 0 aromatic heterocycles. The number of hydrogen-bond acceptors (Lipinski definition) is 41. The Kier molecular flexibility index (Phi) is 30.3. The predicted molar refractivity (Wildman–Crippen MR) is 325 cm³/mol. The van der Waals surface area contributed by atoms with E-state index in [2.05, 4.69) is 21.3 Å². The molecule has 606 valence electrons. The number of carbonyl (C=O) groups excluding carboxylic acids is 4. The molecule has 0 saturated carbocycles. The Balaban J connectivity index is 1.07. The van der Waals surface area contributed by atoms with E-state index in [1.165, 1.54) is 13.8 Å². The van der Waals surface area contributed by atoms with Gasteiger partial charge >= 0.3 is 5.97 Å². The molecule has 0 aliphatic carbocycles.